The number of hydrogen-bond acceptors (Lipinski definition) is 6. The molecule has 3 rings (SSSR count). The Labute approximate surface area is 160 Å². The molecule has 0 aliphatic carbocycles. The summed E-state index contributed by atoms with van der Waals surface area (Å²) in [5.74, 6) is 1.12. The van der Waals surface area contributed by atoms with Crippen LogP contribution in [0, 0.1) is 0 Å². The van der Waals surface area contributed by atoms with Crippen LogP contribution in [-0.4, -0.2) is 36.7 Å². The smallest absolute Gasteiger partial charge is 0.238 e. The number of anilines is 1. The molecule has 0 aliphatic rings. The number of rotatable bonds is 7. The molecule has 136 valence electrons. The van der Waals surface area contributed by atoms with Crippen molar-refractivity contribution in [3.05, 3.63) is 52.5 Å². The van der Waals surface area contributed by atoms with E-state index in [4.69, 9.17) is 20.9 Å². The molecule has 8 heteroatoms. The fourth-order valence-electron chi connectivity index (χ4n) is 2.47. The highest BCUT2D eigenvalue weighted by molar-refractivity contribution is 7.13. The van der Waals surface area contributed by atoms with E-state index in [1.807, 2.05) is 35.5 Å². The lowest BCUT2D eigenvalue weighted by Gasteiger charge is -2.16. The molecular formula is C18H18ClN3O3S. The Morgan fingerprint density at radius 1 is 1.38 bits per heavy atom. The van der Waals surface area contributed by atoms with Gasteiger partial charge in [-0.25, -0.2) is 0 Å². The summed E-state index contributed by atoms with van der Waals surface area (Å²) >= 11 is 7.57. The third-order valence-corrected chi connectivity index (χ3v) is 4.72. The number of carbonyl (C=O) groups excluding carboxylic acids is 1. The van der Waals surface area contributed by atoms with Crippen molar-refractivity contribution >= 4 is 34.5 Å². The molecule has 1 N–H and O–H groups in total. The van der Waals surface area contributed by atoms with Crippen molar-refractivity contribution in [2.24, 2.45) is 0 Å². The number of amides is 1. The van der Waals surface area contributed by atoms with Gasteiger partial charge in [0.25, 0.3) is 0 Å². The van der Waals surface area contributed by atoms with Crippen LogP contribution in [0.5, 0.6) is 5.75 Å². The first-order valence-corrected chi connectivity index (χ1v) is 9.12. The van der Waals surface area contributed by atoms with Gasteiger partial charge in [-0.1, -0.05) is 22.8 Å². The van der Waals surface area contributed by atoms with Crippen molar-refractivity contribution in [3.8, 4) is 16.4 Å². The van der Waals surface area contributed by atoms with E-state index >= 15 is 0 Å². The number of nitrogens with zero attached hydrogens (tertiary/aromatic N) is 2. The lowest BCUT2D eigenvalue weighted by molar-refractivity contribution is -0.117. The van der Waals surface area contributed by atoms with Crippen molar-refractivity contribution in [1.82, 2.24) is 10.1 Å². The Bertz CT molecular complexity index is 880. The molecule has 0 spiro atoms. The van der Waals surface area contributed by atoms with Crippen LogP contribution in [0.4, 0.5) is 5.69 Å². The predicted octanol–water partition coefficient (Wildman–Crippen LogP) is 4.14. The first kappa shape index (κ1) is 18.4. The molecule has 26 heavy (non-hydrogen) atoms. The molecular weight excluding hydrogens is 374 g/mol. The van der Waals surface area contributed by atoms with Crippen molar-refractivity contribution in [3.63, 3.8) is 0 Å². The molecule has 0 fully saturated rings. The van der Waals surface area contributed by atoms with Gasteiger partial charge in [-0.05, 0) is 36.7 Å². The first-order chi connectivity index (χ1) is 12.5. The highest BCUT2D eigenvalue weighted by atomic mass is 35.5. The van der Waals surface area contributed by atoms with Gasteiger partial charge in [0, 0.05) is 17.6 Å². The van der Waals surface area contributed by atoms with Gasteiger partial charge in [0.15, 0.2) is 5.76 Å². The monoisotopic (exact) mass is 391 g/mol. The average molecular weight is 392 g/mol. The Balaban J connectivity index is 1.57. The molecule has 1 amide bonds. The second kappa shape index (κ2) is 8.35. The number of methoxy groups -OCH3 is 1. The maximum Gasteiger partial charge on any atom is 0.238 e. The molecule has 0 bridgehead atoms. The number of hydrogen-bond donors (Lipinski definition) is 1. The van der Waals surface area contributed by atoms with Gasteiger partial charge in [0.2, 0.25) is 5.91 Å². The number of benzene rings is 1. The molecule has 0 saturated carbocycles. The van der Waals surface area contributed by atoms with Crippen LogP contribution < -0.4 is 10.1 Å². The minimum Gasteiger partial charge on any atom is -0.495 e. The standard InChI is InChI=1S/C18H18ClN3O3S/c1-22(10-13-9-16(25-21-13)17-4-3-7-26-17)11-18(23)20-14-8-12(19)5-6-15(14)24-2/h3-9H,10-11H2,1-2H3,(H,20,23). The number of halogens is 1. The molecule has 0 unspecified atom stereocenters. The van der Waals surface area contributed by atoms with Gasteiger partial charge in [0.05, 0.1) is 29.9 Å². The number of ether oxygens (including phenoxy) is 1. The maximum absolute atomic E-state index is 12.3. The molecule has 1 aromatic carbocycles. The number of nitrogens with one attached hydrogen (secondary N) is 1. The van der Waals surface area contributed by atoms with Crippen molar-refractivity contribution in [2.45, 2.75) is 6.54 Å². The molecule has 0 atom stereocenters. The molecule has 2 heterocycles. The Morgan fingerprint density at radius 3 is 2.96 bits per heavy atom. The maximum atomic E-state index is 12.3. The van der Waals surface area contributed by atoms with Crippen LogP contribution >= 0.6 is 22.9 Å². The second-order valence-electron chi connectivity index (χ2n) is 5.72. The van der Waals surface area contributed by atoms with E-state index in [2.05, 4.69) is 10.5 Å². The average Bonchev–Trinajstić information content (AvgIpc) is 3.26. The fraction of sp³-hybridized carbons (Fsp3) is 0.222. The van der Waals surface area contributed by atoms with E-state index in [-0.39, 0.29) is 12.5 Å². The van der Waals surface area contributed by atoms with E-state index in [1.54, 1.807) is 36.6 Å². The minimum atomic E-state index is -0.171. The van der Waals surface area contributed by atoms with Crippen LogP contribution in [0.3, 0.4) is 0 Å². The summed E-state index contributed by atoms with van der Waals surface area (Å²) in [4.78, 5) is 15.2. The van der Waals surface area contributed by atoms with E-state index in [1.165, 1.54) is 0 Å². The zero-order chi connectivity index (χ0) is 18.5. The second-order valence-corrected chi connectivity index (χ2v) is 7.11. The van der Waals surface area contributed by atoms with E-state index in [0.717, 1.165) is 16.3 Å². The highest BCUT2D eigenvalue weighted by Gasteiger charge is 2.13. The fourth-order valence-corrected chi connectivity index (χ4v) is 3.31. The molecule has 0 radical (unpaired) electrons. The number of carbonyl (C=O) groups is 1. The summed E-state index contributed by atoms with van der Waals surface area (Å²) in [6, 6.07) is 10.9. The van der Waals surface area contributed by atoms with E-state index < -0.39 is 0 Å². The summed E-state index contributed by atoms with van der Waals surface area (Å²) < 4.78 is 10.6. The normalized spacial score (nSPS) is 10.9. The topological polar surface area (TPSA) is 67.6 Å². The molecule has 6 nitrogen and oxygen atoms in total. The lowest BCUT2D eigenvalue weighted by atomic mass is 10.3. The number of likely N-dealkylation sites (N-methyl/N-ethyl adjacent to an activating group) is 1. The summed E-state index contributed by atoms with van der Waals surface area (Å²) in [7, 11) is 3.38. The van der Waals surface area contributed by atoms with Crippen molar-refractivity contribution in [2.75, 3.05) is 26.0 Å². The lowest BCUT2D eigenvalue weighted by Crippen LogP contribution is -2.30. The van der Waals surface area contributed by atoms with Crippen LogP contribution in [0.25, 0.3) is 10.6 Å². The third kappa shape index (κ3) is 4.63. The van der Waals surface area contributed by atoms with E-state index in [9.17, 15) is 4.79 Å². The van der Waals surface area contributed by atoms with E-state index in [0.29, 0.717) is 23.0 Å². The summed E-state index contributed by atoms with van der Waals surface area (Å²) in [6.07, 6.45) is 0. The molecule has 3 aromatic rings. The Kier molecular flexibility index (Phi) is 5.92. The van der Waals surface area contributed by atoms with Crippen LogP contribution in [0.2, 0.25) is 5.02 Å². The largest absolute Gasteiger partial charge is 0.495 e. The zero-order valence-electron chi connectivity index (χ0n) is 14.4. The van der Waals surface area contributed by atoms with Gasteiger partial charge in [-0.3, -0.25) is 9.69 Å². The van der Waals surface area contributed by atoms with Gasteiger partial charge < -0.3 is 14.6 Å². The third-order valence-electron chi connectivity index (χ3n) is 3.60. The first-order valence-electron chi connectivity index (χ1n) is 7.86. The van der Waals surface area contributed by atoms with Gasteiger partial charge in [-0.15, -0.1) is 11.3 Å². The van der Waals surface area contributed by atoms with Gasteiger partial charge in [0.1, 0.15) is 5.75 Å². The minimum absolute atomic E-state index is 0.171. The van der Waals surface area contributed by atoms with Crippen molar-refractivity contribution < 1.29 is 14.1 Å². The SMILES string of the molecule is COc1ccc(Cl)cc1NC(=O)CN(C)Cc1cc(-c2cccs2)on1. The summed E-state index contributed by atoms with van der Waals surface area (Å²) in [5, 5.41) is 9.39. The van der Waals surface area contributed by atoms with Crippen molar-refractivity contribution in [1.29, 1.82) is 0 Å². The summed E-state index contributed by atoms with van der Waals surface area (Å²) in [6.45, 7) is 0.686. The summed E-state index contributed by atoms with van der Waals surface area (Å²) in [5.41, 5.74) is 1.31. The van der Waals surface area contributed by atoms with Gasteiger partial charge in [-0.2, -0.15) is 0 Å². The highest BCUT2D eigenvalue weighted by Crippen LogP contribution is 2.28. The quantitative estimate of drug-likeness (QED) is 0.655. The predicted molar refractivity (Wildman–Crippen MR) is 103 cm³/mol. The number of aromatic nitrogens is 1. The van der Waals surface area contributed by atoms with Gasteiger partial charge >= 0.3 is 0 Å². The Hall–Kier alpha value is -2.35. The molecule has 2 aromatic heterocycles. The van der Waals surface area contributed by atoms with Crippen LogP contribution in [-0.2, 0) is 11.3 Å². The van der Waals surface area contributed by atoms with Crippen LogP contribution in [0.1, 0.15) is 5.69 Å². The van der Waals surface area contributed by atoms with Crippen LogP contribution in [0.15, 0.2) is 46.3 Å². The number of thiophene rings is 1. The Morgan fingerprint density at radius 2 is 2.23 bits per heavy atom. The molecule has 0 aliphatic heterocycles. The molecule has 0 saturated heterocycles. The zero-order valence-corrected chi connectivity index (χ0v) is 15.9.